The van der Waals surface area contributed by atoms with Gasteiger partial charge in [-0.3, -0.25) is 0 Å². The predicted molar refractivity (Wildman–Crippen MR) is 60.2 cm³/mol. The maximum atomic E-state index is 5.68. The van der Waals surface area contributed by atoms with Crippen LogP contribution in [0.5, 0.6) is 5.75 Å². The molecule has 80 valence electrons. The van der Waals surface area contributed by atoms with Crippen LogP contribution >= 0.6 is 11.3 Å². The van der Waals surface area contributed by atoms with Gasteiger partial charge in [0.2, 0.25) is 5.88 Å². The lowest BCUT2D eigenvalue weighted by Gasteiger charge is -2.00. The second-order valence-electron chi connectivity index (χ2n) is 3.05. The number of anilines is 1. The van der Waals surface area contributed by atoms with Crippen LogP contribution in [0.1, 0.15) is 12.5 Å². The number of methoxy groups -OCH3 is 1. The Kier molecular flexibility index (Phi) is 2.64. The molecule has 2 heterocycles. The molecule has 0 saturated heterocycles. The largest absolute Gasteiger partial charge is 0.495 e. The minimum absolute atomic E-state index is 0.392. The number of hydrogen-bond acceptors (Lipinski definition) is 5. The van der Waals surface area contributed by atoms with Gasteiger partial charge in [0.1, 0.15) is 11.4 Å². The van der Waals surface area contributed by atoms with E-state index in [0.29, 0.717) is 5.88 Å². The summed E-state index contributed by atoms with van der Waals surface area (Å²) in [6, 6.07) is 1.91. The Balaban J connectivity index is 2.53. The van der Waals surface area contributed by atoms with Gasteiger partial charge in [-0.1, -0.05) is 12.1 Å². The number of hydrogen-bond donors (Lipinski definition) is 1. The van der Waals surface area contributed by atoms with E-state index in [-0.39, 0.29) is 0 Å². The van der Waals surface area contributed by atoms with Gasteiger partial charge in [-0.15, -0.1) is 11.3 Å². The summed E-state index contributed by atoms with van der Waals surface area (Å²) in [5.41, 5.74) is 7.42. The van der Waals surface area contributed by atoms with Gasteiger partial charge >= 0.3 is 0 Å². The molecular formula is C10H12N2O2S. The Labute approximate surface area is 91.6 Å². The van der Waals surface area contributed by atoms with E-state index < -0.39 is 0 Å². The molecule has 0 bridgehead atoms. The molecule has 2 N–H and O–H groups in total. The summed E-state index contributed by atoms with van der Waals surface area (Å²) in [5, 5.41) is 5.92. The molecule has 4 nitrogen and oxygen atoms in total. The first kappa shape index (κ1) is 10.0. The van der Waals surface area contributed by atoms with Crippen molar-refractivity contribution in [2.24, 2.45) is 0 Å². The maximum Gasteiger partial charge on any atom is 0.225 e. The smallest absolute Gasteiger partial charge is 0.225 e. The van der Waals surface area contributed by atoms with E-state index in [1.807, 2.05) is 18.4 Å². The van der Waals surface area contributed by atoms with Gasteiger partial charge in [-0.25, -0.2) is 0 Å². The molecule has 15 heavy (non-hydrogen) atoms. The van der Waals surface area contributed by atoms with Crippen molar-refractivity contribution in [3.63, 3.8) is 0 Å². The van der Waals surface area contributed by atoms with Crippen molar-refractivity contribution in [3.8, 4) is 16.3 Å². The third kappa shape index (κ3) is 1.59. The van der Waals surface area contributed by atoms with Crippen LogP contribution < -0.4 is 10.5 Å². The van der Waals surface area contributed by atoms with E-state index in [1.54, 1.807) is 18.4 Å². The molecular weight excluding hydrogens is 212 g/mol. The number of thiophene rings is 1. The van der Waals surface area contributed by atoms with Gasteiger partial charge in [0, 0.05) is 5.56 Å². The zero-order valence-corrected chi connectivity index (χ0v) is 9.43. The van der Waals surface area contributed by atoms with Crippen LogP contribution in [0, 0.1) is 0 Å². The van der Waals surface area contributed by atoms with Crippen molar-refractivity contribution >= 4 is 17.2 Å². The van der Waals surface area contributed by atoms with E-state index >= 15 is 0 Å². The Morgan fingerprint density at radius 3 is 3.07 bits per heavy atom. The van der Waals surface area contributed by atoms with Gasteiger partial charge in [0.15, 0.2) is 0 Å². The summed E-state index contributed by atoms with van der Waals surface area (Å²) < 4.78 is 10.2. The molecule has 0 aliphatic rings. The fourth-order valence-corrected chi connectivity index (χ4v) is 2.34. The van der Waals surface area contributed by atoms with Crippen LogP contribution in [0.15, 0.2) is 16.0 Å². The van der Waals surface area contributed by atoms with Gasteiger partial charge in [0.25, 0.3) is 0 Å². The lowest BCUT2D eigenvalue weighted by molar-refractivity contribution is 0.416. The first-order chi connectivity index (χ1) is 7.27. The third-order valence-corrected chi connectivity index (χ3v) is 3.14. The molecule has 5 heteroatoms. The summed E-state index contributed by atoms with van der Waals surface area (Å²) in [6.07, 6.45) is 0.797. The van der Waals surface area contributed by atoms with Gasteiger partial charge in [0.05, 0.1) is 12.0 Å². The normalized spacial score (nSPS) is 10.5. The van der Waals surface area contributed by atoms with Crippen LogP contribution in [0.2, 0.25) is 0 Å². The number of aromatic nitrogens is 1. The fourth-order valence-electron chi connectivity index (χ4n) is 1.47. The van der Waals surface area contributed by atoms with Crippen molar-refractivity contribution in [1.29, 1.82) is 0 Å². The minimum Gasteiger partial charge on any atom is -0.495 e. The fraction of sp³-hybridized carbons (Fsp3) is 0.300. The maximum absolute atomic E-state index is 5.68. The van der Waals surface area contributed by atoms with Gasteiger partial charge < -0.3 is 15.0 Å². The van der Waals surface area contributed by atoms with Gasteiger partial charge in [-0.05, 0) is 17.9 Å². The molecule has 0 aliphatic heterocycles. The van der Waals surface area contributed by atoms with Crippen LogP contribution in [-0.2, 0) is 6.42 Å². The second kappa shape index (κ2) is 3.94. The SMILES string of the molecule is CCc1c(-c2sccc2OC)noc1N. The molecule has 2 rings (SSSR count). The number of nitrogens with two attached hydrogens (primary N) is 1. The molecule has 0 unspecified atom stereocenters. The molecule has 0 spiro atoms. The van der Waals surface area contributed by atoms with E-state index in [9.17, 15) is 0 Å². The quantitative estimate of drug-likeness (QED) is 0.870. The topological polar surface area (TPSA) is 61.3 Å². The van der Waals surface area contributed by atoms with Crippen molar-refractivity contribution in [1.82, 2.24) is 5.16 Å². The second-order valence-corrected chi connectivity index (χ2v) is 3.96. The molecule has 0 fully saturated rings. The van der Waals surface area contributed by atoms with Crippen molar-refractivity contribution in [2.75, 3.05) is 12.8 Å². The molecule has 0 saturated carbocycles. The summed E-state index contributed by atoms with van der Waals surface area (Å²) in [5.74, 6) is 1.20. The van der Waals surface area contributed by atoms with Crippen molar-refractivity contribution < 1.29 is 9.26 Å². The van der Waals surface area contributed by atoms with Crippen LogP contribution in [0.4, 0.5) is 5.88 Å². The molecule has 0 amide bonds. The average Bonchev–Trinajstić information content (AvgIpc) is 2.82. The Morgan fingerprint density at radius 1 is 1.60 bits per heavy atom. The molecule has 2 aromatic rings. The number of nitrogens with zero attached hydrogens (tertiary/aromatic N) is 1. The molecule has 0 aliphatic carbocycles. The highest BCUT2D eigenvalue weighted by molar-refractivity contribution is 7.14. The van der Waals surface area contributed by atoms with E-state index in [0.717, 1.165) is 28.3 Å². The average molecular weight is 224 g/mol. The third-order valence-electron chi connectivity index (χ3n) is 2.24. The Morgan fingerprint density at radius 2 is 2.40 bits per heavy atom. The number of nitrogen functional groups attached to an aromatic ring is 1. The Hall–Kier alpha value is -1.49. The first-order valence-corrected chi connectivity index (χ1v) is 5.51. The van der Waals surface area contributed by atoms with Crippen LogP contribution in [0.25, 0.3) is 10.6 Å². The Bertz CT molecular complexity index is 462. The highest BCUT2D eigenvalue weighted by atomic mass is 32.1. The molecule has 2 aromatic heterocycles. The number of ether oxygens (including phenoxy) is 1. The lowest BCUT2D eigenvalue weighted by Crippen LogP contribution is -1.90. The lowest BCUT2D eigenvalue weighted by atomic mass is 10.1. The highest BCUT2D eigenvalue weighted by Crippen LogP contribution is 2.38. The predicted octanol–water partition coefficient (Wildman–Crippen LogP) is 2.56. The zero-order chi connectivity index (χ0) is 10.8. The summed E-state index contributed by atoms with van der Waals surface area (Å²) in [7, 11) is 1.64. The summed E-state index contributed by atoms with van der Waals surface area (Å²) in [4.78, 5) is 0.967. The summed E-state index contributed by atoms with van der Waals surface area (Å²) >= 11 is 1.57. The molecule has 0 atom stereocenters. The number of rotatable bonds is 3. The zero-order valence-electron chi connectivity index (χ0n) is 8.61. The minimum atomic E-state index is 0.392. The molecule has 0 radical (unpaired) electrons. The van der Waals surface area contributed by atoms with E-state index in [4.69, 9.17) is 15.0 Å². The monoisotopic (exact) mass is 224 g/mol. The first-order valence-electron chi connectivity index (χ1n) is 4.63. The highest BCUT2D eigenvalue weighted by Gasteiger charge is 2.18. The van der Waals surface area contributed by atoms with Gasteiger partial charge in [-0.2, -0.15) is 0 Å². The van der Waals surface area contributed by atoms with Crippen molar-refractivity contribution in [2.45, 2.75) is 13.3 Å². The van der Waals surface area contributed by atoms with Crippen LogP contribution in [0.3, 0.4) is 0 Å². The van der Waals surface area contributed by atoms with Crippen molar-refractivity contribution in [3.05, 3.63) is 17.0 Å². The summed E-state index contributed by atoms with van der Waals surface area (Å²) in [6.45, 7) is 2.02. The standard InChI is InChI=1S/C10H12N2O2S/c1-3-6-8(12-14-10(6)11)9-7(13-2)4-5-15-9/h4-5H,3,11H2,1-2H3. The molecule has 0 aromatic carbocycles. The van der Waals surface area contributed by atoms with Crippen LogP contribution in [-0.4, -0.2) is 12.3 Å². The van der Waals surface area contributed by atoms with E-state index in [1.165, 1.54) is 0 Å². The van der Waals surface area contributed by atoms with E-state index in [2.05, 4.69) is 5.16 Å².